The first-order valence-corrected chi connectivity index (χ1v) is 4.95. The van der Waals surface area contributed by atoms with E-state index < -0.39 is 22.3 Å². The molecule has 6 heteroatoms. The molecule has 0 spiro atoms. The molecule has 0 unspecified atom stereocenters. The number of benzene rings is 2. The average Bonchev–Trinajstić information content (AvgIpc) is 2.35. The number of nitrogens with zero attached hydrogens (tertiary/aromatic N) is 1. The first-order chi connectivity index (χ1) is 8.59. The van der Waals surface area contributed by atoms with Crippen LogP contribution < -0.4 is 4.74 Å². The number of nitro benzene ring substituents is 1. The Morgan fingerprint density at radius 2 is 1.67 bits per heavy atom. The van der Waals surface area contributed by atoms with Crippen LogP contribution in [0.1, 0.15) is 0 Å². The van der Waals surface area contributed by atoms with Crippen molar-refractivity contribution in [1.82, 2.24) is 0 Å². The van der Waals surface area contributed by atoms with E-state index in [4.69, 9.17) is 4.74 Å². The molecular weight excluding hydrogens is 244 g/mol. The minimum Gasteiger partial charge on any atom is -0.447 e. The molecule has 0 heterocycles. The molecule has 0 amide bonds. The van der Waals surface area contributed by atoms with E-state index in [2.05, 4.69) is 0 Å². The van der Waals surface area contributed by atoms with Crippen molar-refractivity contribution in [3.05, 3.63) is 64.2 Å². The summed E-state index contributed by atoms with van der Waals surface area (Å²) in [7, 11) is 0. The summed E-state index contributed by atoms with van der Waals surface area (Å²) >= 11 is 0. The van der Waals surface area contributed by atoms with E-state index >= 15 is 0 Å². The van der Waals surface area contributed by atoms with Gasteiger partial charge in [-0.1, -0.05) is 18.2 Å². The Labute approximate surface area is 101 Å². The van der Waals surface area contributed by atoms with Gasteiger partial charge in [-0.15, -0.1) is 0 Å². The maximum atomic E-state index is 13.4. The Kier molecular flexibility index (Phi) is 3.18. The lowest BCUT2D eigenvalue weighted by atomic mass is 10.3. The van der Waals surface area contributed by atoms with Crippen molar-refractivity contribution in [2.75, 3.05) is 0 Å². The summed E-state index contributed by atoms with van der Waals surface area (Å²) < 4.78 is 31.3. The maximum absolute atomic E-state index is 13.4. The quantitative estimate of drug-likeness (QED) is 0.617. The van der Waals surface area contributed by atoms with Crippen molar-refractivity contribution in [3.63, 3.8) is 0 Å². The van der Waals surface area contributed by atoms with Crippen LogP contribution in [0.2, 0.25) is 0 Å². The molecule has 2 rings (SSSR count). The average molecular weight is 251 g/mol. The molecule has 2 aromatic rings. The van der Waals surface area contributed by atoms with Crippen LogP contribution in [0.5, 0.6) is 11.5 Å². The van der Waals surface area contributed by atoms with Crippen LogP contribution in [0.15, 0.2) is 42.5 Å². The highest BCUT2D eigenvalue weighted by atomic mass is 19.2. The van der Waals surface area contributed by atoms with Crippen molar-refractivity contribution in [3.8, 4) is 11.5 Å². The molecule has 0 atom stereocenters. The predicted octanol–water partition coefficient (Wildman–Crippen LogP) is 3.67. The topological polar surface area (TPSA) is 52.4 Å². The summed E-state index contributed by atoms with van der Waals surface area (Å²) in [5, 5.41) is 10.7. The molecule has 0 saturated heterocycles. The summed E-state index contributed by atoms with van der Waals surface area (Å²) in [4.78, 5) is 10.1. The number of hydrogen-bond donors (Lipinski definition) is 0. The summed E-state index contributed by atoms with van der Waals surface area (Å²) in [6.07, 6.45) is 0. The molecule has 0 aliphatic heterocycles. The predicted molar refractivity (Wildman–Crippen MR) is 59.5 cm³/mol. The molecule has 92 valence electrons. The Morgan fingerprint density at radius 1 is 1.00 bits per heavy atom. The van der Waals surface area contributed by atoms with E-state index in [-0.39, 0.29) is 11.4 Å². The number of nitro groups is 1. The number of rotatable bonds is 3. The monoisotopic (exact) mass is 251 g/mol. The van der Waals surface area contributed by atoms with Gasteiger partial charge < -0.3 is 4.74 Å². The third-order valence-corrected chi connectivity index (χ3v) is 2.20. The molecule has 4 nitrogen and oxygen atoms in total. The Hall–Kier alpha value is -2.50. The van der Waals surface area contributed by atoms with Crippen LogP contribution in [-0.2, 0) is 0 Å². The van der Waals surface area contributed by atoms with E-state index in [1.165, 1.54) is 36.4 Å². The highest BCUT2D eigenvalue weighted by Crippen LogP contribution is 2.32. The van der Waals surface area contributed by atoms with Crippen LogP contribution in [0, 0.1) is 21.7 Å². The zero-order valence-corrected chi connectivity index (χ0v) is 8.97. The van der Waals surface area contributed by atoms with Gasteiger partial charge >= 0.3 is 5.69 Å². The Bertz CT molecular complexity index is 602. The van der Waals surface area contributed by atoms with E-state index in [1.807, 2.05) is 0 Å². The van der Waals surface area contributed by atoms with Gasteiger partial charge in [0, 0.05) is 6.07 Å². The number of para-hydroxylation sites is 2. The largest absolute Gasteiger partial charge is 0.447 e. The molecule has 0 saturated carbocycles. The lowest BCUT2D eigenvalue weighted by molar-refractivity contribution is -0.385. The standard InChI is InChI=1S/C12H7F2NO3/c13-8-4-3-7-11(12(8)14)18-10-6-2-1-5-9(10)15(16)17/h1-7H. The fraction of sp³-hybridized carbons (Fsp3) is 0. The van der Waals surface area contributed by atoms with Crippen molar-refractivity contribution >= 4 is 5.69 Å². The van der Waals surface area contributed by atoms with E-state index in [0.29, 0.717) is 0 Å². The third kappa shape index (κ3) is 2.27. The third-order valence-electron chi connectivity index (χ3n) is 2.20. The number of ether oxygens (including phenoxy) is 1. The van der Waals surface area contributed by atoms with Gasteiger partial charge in [-0.2, -0.15) is 4.39 Å². The molecule has 0 bridgehead atoms. The van der Waals surface area contributed by atoms with Gasteiger partial charge in [-0.25, -0.2) is 4.39 Å². The van der Waals surface area contributed by atoms with Gasteiger partial charge in [0.2, 0.25) is 11.6 Å². The first-order valence-electron chi connectivity index (χ1n) is 4.95. The van der Waals surface area contributed by atoms with Crippen LogP contribution in [0.4, 0.5) is 14.5 Å². The van der Waals surface area contributed by atoms with Crippen LogP contribution in [0.3, 0.4) is 0 Å². The zero-order chi connectivity index (χ0) is 13.1. The molecular formula is C12H7F2NO3. The minimum atomic E-state index is -1.18. The van der Waals surface area contributed by atoms with Crippen LogP contribution >= 0.6 is 0 Å². The molecule has 0 N–H and O–H groups in total. The van der Waals surface area contributed by atoms with Crippen molar-refractivity contribution in [1.29, 1.82) is 0 Å². The van der Waals surface area contributed by atoms with E-state index in [9.17, 15) is 18.9 Å². The van der Waals surface area contributed by atoms with Gasteiger partial charge in [0.15, 0.2) is 11.6 Å². The fourth-order valence-corrected chi connectivity index (χ4v) is 1.38. The van der Waals surface area contributed by atoms with Gasteiger partial charge in [-0.05, 0) is 18.2 Å². The normalized spacial score (nSPS) is 10.1. The van der Waals surface area contributed by atoms with Crippen LogP contribution in [0.25, 0.3) is 0 Å². The molecule has 0 radical (unpaired) electrons. The highest BCUT2D eigenvalue weighted by molar-refractivity contribution is 5.48. The molecule has 2 aromatic carbocycles. The zero-order valence-electron chi connectivity index (χ0n) is 8.97. The summed E-state index contributed by atoms with van der Waals surface area (Å²) in [5.41, 5.74) is -0.318. The molecule has 18 heavy (non-hydrogen) atoms. The molecule has 0 fully saturated rings. The van der Waals surface area contributed by atoms with Crippen molar-refractivity contribution in [2.24, 2.45) is 0 Å². The van der Waals surface area contributed by atoms with Crippen molar-refractivity contribution < 1.29 is 18.4 Å². The minimum absolute atomic E-state index is 0.146. The molecule has 0 aliphatic carbocycles. The summed E-state index contributed by atoms with van der Waals surface area (Å²) in [6, 6.07) is 8.85. The SMILES string of the molecule is O=[N+]([O-])c1ccccc1Oc1cccc(F)c1F. The Morgan fingerprint density at radius 3 is 2.39 bits per heavy atom. The van der Waals surface area contributed by atoms with E-state index in [0.717, 1.165) is 6.07 Å². The first kappa shape index (κ1) is 12.0. The fourth-order valence-electron chi connectivity index (χ4n) is 1.38. The lowest BCUT2D eigenvalue weighted by Crippen LogP contribution is -1.95. The summed E-state index contributed by atoms with van der Waals surface area (Å²) in [6.45, 7) is 0. The van der Waals surface area contributed by atoms with Gasteiger partial charge in [0.1, 0.15) is 0 Å². The Balaban J connectivity index is 2.40. The number of hydrogen-bond acceptors (Lipinski definition) is 3. The highest BCUT2D eigenvalue weighted by Gasteiger charge is 2.17. The maximum Gasteiger partial charge on any atom is 0.311 e. The van der Waals surface area contributed by atoms with Gasteiger partial charge in [0.05, 0.1) is 4.92 Å². The molecule has 0 aromatic heterocycles. The van der Waals surface area contributed by atoms with E-state index in [1.54, 1.807) is 0 Å². The van der Waals surface area contributed by atoms with Gasteiger partial charge in [0.25, 0.3) is 0 Å². The number of halogens is 2. The second-order valence-corrected chi connectivity index (χ2v) is 3.38. The van der Waals surface area contributed by atoms with Crippen molar-refractivity contribution in [2.45, 2.75) is 0 Å². The summed E-state index contributed by atoms with van der Waals surface area (Å²) in [5.74, 6) is -2.81. The smallest absolute Gasteiger partial charge is 0.311 e. The van der Waals surface area contributed by atoms with Crippen LogP contribution in [-0.4, -0.2) is 4.92 Å². The van der Waals surface area contributed by atoms with Gasteiger partial charge in [-0.3, -0.25) is 10.1 Å². The second-order valence-electron chi connectivity index (χ2n) is 3.38. The lowest BCUT2D eigenvalue weighted by Gasteiger charge is -2.07. The molecule has 0 aliphatic rings. The second kappa shape index (κ2) is 4.79.